The van der Waals surface area contributed by atoms with Crippen molar-refractivity contribution < 1.29 is 37.6 Å². The monoisotopic (exact) mass is 794 g/mol. The molecule has 0 aliphatic rings. The number of hydrogen-bond donors (Lipinski definition) is 2. The number of hydrogen-bond acceptors (Lipinski definition) is 8. The van der Waals surface area contributed by atoms with Gasteiger partial charge in [0.25, 0.3) is 0 Å². The molecule has 0 rings (SSSR count). The molecule has 0 radical (unpaired) electrons. The van der Waals surface area contributed by atoms with Crippen LogP contribution < -0.4 is 5.73 Å². The molecule has 0 aliphatic carbocycles. The summed E-state index contributed by atoms with van der Waals surface area (Å²) in [7, 11) is -4.39. The number of nitrogens with two attached hydrogens (primary N) is 1. The van der Waals surface area contributed by atoms with E-state index in [1.54, 1.807) is 0 Å². The number of carbonyl (C=O) groups excluding carboxylic acids is 2. The highest BCUT2D eigenvalue weighted by Gasteiger charge is 2.26. The number of phosphoric ester groups is 1. The lowest BCUT2D eigenvalue weighted by Gasteiger charge is -2.19. The summed E-state index contributed by atoms with van der Waals surface area (Å²) >= 11 is 0. The average Bonchev–Trinajstić information content (AvgIpc) is 3.17. The highest BCUT2D eigenvalue weighted by atomic mass is 31.2. The third-order valence-electron chi connectivity index (χ3n) is 8.88. The number of allylic oxidation sites excluding steroid dienone is 10. The van der Waals surface area contributed by atoms with E-state index in [4.69, 9.17) is 24.3 Å². The van der Waals surface area contributed by atoms with E-state index in [1.165, 1.54) is 70.6 Å². The first-order valence-corrected chi connectivity index (χ1v) is 23.3. The van der Waals surface area contributed by atoms with Gasteiger partial charge in [-0.3, -0.25) is 18.6 Å². The standard InChI is InChI=1S/C45H80NO8P/c1-3-5-7-9-11-13-15-17-19-21-23-25-27-29-31-33-35-37-44(47)51-41-43(42-53-55(49,50)52-40-39-46)54-45(48)38-36-34-32-30-28-26-24-22-20-18-16-14-12-10-8-6-4-2/h11-14,17-20,23,25,43H,3-10,15-16,21-22,24,26-42,46H2,1-2H3,(H,49,50)/b13-11+,14-12+,19-17+,20-18+,25-23+/t43-/m1/s1. The second-order valence-corrected chi connectivity index (χ2v) is 15.7. The number of rotatable bonds is 40. The zero-order valence-corrected chi connectivity index (χ0v) is 35.8. The van der Waals surface area contributed by atoms with Gasteiger partial charge in [-0.2, -0.15) is 0 Å². The summed E-state index contributed by atoms with van der Waals surface area (Å²) in [6.07, 6.45) is 48.1. The lowest BCUT2D eigenvalue weighted by Crippen LogP contribution is -2.29. The van der Waals surface area contributed by atoms with E-state index < -0.39 is 32.5 Å². The molecule has 0 bridgehead atoms. The average molecular weight is 794 g/mol. The Morgan fingerprint density at radius 3 is 1.40 bits per heavy atom. The predicted molar refractivity (Wildman–Crippen MR) is 229 cm³/mol. The van der Waals surface area contributed by atoms with Crippen molar-refractivity contribution in [1.29, 1.82) is 0 Å². The molecular weight excluding hydrogens is 713 g/mol. The van der Waals surface area contributed by atoms with Crippen molar-refractivity contribution in [1.82, 2.24) is 0 Å². The molecule has 9 nitrogen and oxygen atoms in total. The van der Waals surface area contributed by atoms with Crippen LogP contribution in [-0.4, -0.2) is 49.3 Å². The molecule has 0 fully saturated rings. The van der Waals surface area contributed by atoms with Crippen LogP contribution >= 0.6 is 7.82 Å². The molecular formula is C45H80NO8P. The third-order valence-corrected chi connectivity index (χ3v) is 9.86. The van der Waals surface area contributed by atoms with Crippen LogP contribution in [0, 0.1) is 0 Å². The van der Waals surface area contributed by atoms with Gasteiger partial charge in [-0.15, -0.1) is 0 Å². The fraction of sp³-hybridized carbons (Fsp3) is 0.733. The molecule has 1 unspecified atom stereocenters. The molecule has 0 spiro atoms. The van der Waals surface area contributed by atoms with Crippen LogP contribution in [0.1, 0.15) is 181 Å². The molecule has 0 aromatic carbocycles. The van der Waals surface area contributed by atoms with Gasteiger partial charge in [0, 0.05) is 19.4 Å². The van der Waals surface area contributed by atoms with Crippen LogP contribution in [0.2, 0.25) is 0 Å². The maximum absolute atomic E-state index is 12.6. The minimum absolute atomic E-state index is 0.0461. The number of unbranched alkanes of at least 4 members (excludes halogenated alkanes) is 17. The first kappa shape index (κ1) is 52.7. The summed E-state index contributed by atoms with van der Waals surface area (Å²) < 4.78 is 32.8. The smallest absolute Gasteiger partial charge is 0.462 e. The van der Waals surface area contributed by atoms with Crippen LogP contribution in [0.15, 0.2) is 60.8 Å². The Morgan fingerprint density at radius 2 is 0.945 bits per heavy atom. The van der Waals surface area contributed by atoms with Gasteiger partial charge in [0.1, 0.15) is 6.61 Å². The highest BCUT2D eigenvalue weighted by Crippen LogP contribution is 2.43. The Hall–Kier alpha value is -2.29. The fourth-order valence-electron chi connectivity index (χ4n) is 5.61. The number of phosphoric acid groups is 1. The Bertz CT molecular complexity index is 1090. The first-order chi connectivity index (χ1) is 26.8. The maximum atomic E-state index is 12.6. The van der Waals surface area contributed by atoms with Gasteiger partial charge < -0.3 is 20.1 Å². The van der Waals surface area contributed by atoms with Gasteiger partial charge in [0.2, 0.25) is 0 Å². The SMILES string of the molecule is CCCCC/C=C/C/C=C/C/C=C/CCCCCCC(=O)OC[C@H](COP(=O)(O)OCCN)OC(=O)CCCCCCCCC/C=C/C/C=C/CCCCC. The molecule has 3 N–H and O–H groups in total. The van der Waals surface area contributed by atoms with Crippen molar-refractivity contribution in [2.45, 2.75) is 187 Å². The van der Waals surface area contributed by atoms with Gasteiger partial charge in [-0.25, -0.2) is 4.57 Å². The van der Waals surface area contributed by atoms with E-state index in [2.05, 4.69) is 74.6 Å². The molecule has 0 aromatic heterocycles. The molecule has 0 heterocycles. The van der Waals surface area contributed by atoms with Gasteiger partial charge in [0.05, 0.1) is 13.2 Å². The van der Waals surface area contributed by atoms with Gasteiger partial charge in [-0.1, -0.05) is 145 Å². The van der Waals surface area contributed by atoms with E-state index in [-0.39, 0.29) is 32.6 Å². The first-order valence-electron chi connectivity index (χ1n) is 21.8. The topological polar surface area (TPSA) is 134 Å². The number of ether oxygens (including phenoxy) is 2. The van der Waals surface area contributed by atoms with E-state index in [0.717, 1.165) is 70.6 Å². The summed E-state index contributed by atoms with van der Waals surface area (Å²) in [5.74, 6) is -0.866. The molecule has 2 atom stereocenters. The molecule has 10 heteroatoms. The number of esters is 2. The minimum atomic E-state index is -4.39. The molecule has 0 aliphatic heterocycles. The molecule has 318 valence electrons. The van der Waals surface area contributed by atoms with E-state index in [9.17, 15) is 19.0 Å². The van der Waals surface area contributed by atoms with Gasteiger partial charge in [-0.05, 0) is 83.5 Å². The summed E-state index contributed by atoms with van der Waals surface area (Å²) in [4.78, 5) is 34.9. The molecule has 0 saturated carbocycles. The van der Waals surface area contributed by atoms with Crippen molar-refractivity contribution in [2.24, 2.45) is 5.73 Å². The summed E-state index contributed by atoms with van der Waals surface area (Å²) in [5, 5.41) is 0. The van der Waals surface area contributed by atoms with Crippen molar-refractivity contribution in [3.63, 3.8) is 0 Å². The second kappa shape index (κ2) is 41.3. The van der Waals surface area contributed by atoms with Crippen LogP contribution in [0.3, 0.4) is 0 Å². The Morgan fingerprint density at radius 1 is 0.545 bits per heavy atom. The van der Waals surface area contributed by atoms with Gasteiger partial charge in [0.15, 0.2) is 6.10 Å². The molecule has 55 heavy (non-hydrogen) atoms. The summed E-state index contributed by atoms with van der Waals surface area (Å²) in [5.41, 5.74) is 5.34. The molecule has 0 amide bonds. The van der Waals surface area contributed by atoms with Crippen molar-refractivity contribution in [3.8, 4) is 0 Å². The van der Waals surface area contributed by atoms with Crippen LogP contribution in [0.25, 0.3) is 0 Å². The molecule has 0 saturated heterocycles. The normalized spacial score (nSPS) is 13.9. The highest BCUT2D eigenvalue weighted by molar-refractivity contribution is 7.47. The Labute approximate surface area is 336 Å². The summed E-state index contributed by atoms with van der Waals surface area (Å²) in [6.45, 7) is 3.64. The zero-order valence-electron chi connectivity index (χ0n) is 34.9. The van der Waals surface area contributed by atoms with E-state index in [0.29, 0.717) is 12.8 Å². The van der Waals surface area contributed by atoms with Gasteiger partial charge >= 0.3 is 19.8 Å². The number of carbonyl (C=O) groups is 2. The van der Waals surface area contributed by atoms with Crippen molar-refractivity contribution >= 4 is 19.8 Å². The fourth-order valence-corrected chi connectivity index (χ4v) is 6.38. The van der Waals surface area contributed by atoms with Crippen LogP contribution in [0.4, 0.5) is 0 Å². The largest absolute Gasteiger partial charge is 0.472 e. The summed E-state index contributed by atoms with van der Waals surface area (Å²) in [6, 6.07) is 0. The molecule has 0 aromatic rings. The maximum Gasteiger partial charge on any atom is 0.472 e. The minimum Gasteiger partial charge on any atom is -0.462 e. The van der Waals surface area contributed by atoms with Crippen LogP contribution in [-0.2, 0) is 32.7 Å². The second-order valence-electron chi connectivity index (χ2n) is 14.2. The van der Waals surface area contributed by atoms with Crippen molar-refractivity contribution in [3.05, 3.63) is 60.8 Å². The Kier molecular flexibility index (Phi) is 39.6. The van der Waals surface area contributed by atoms with Crippen molar-refractivity contribution in [2.75, 3.05) is 26.4 Å². The predicted octanol–water partition coefficient (Wildman–Crippen LogP) is 12.5. The van der Waals surface area contributed by atoms with E-state index in [1.807, 2.05) is 0 Å². The quantitative estimate of drug-likeness (QED) is 0.0269. The van der Waals surface area contributed by atoms with Crippen LogP contribution in [0.5, 0.6) is 0 Å². The third kappa shape index (κ3) is 41.2. The zero-order chi connectivity index (χ0) is 40.3. The lowest BCUT2D eigenvalue weighted by atomic mass is 10.1. The lowest BCUT2D eigenvalue weighted by molar-refractivity contribution is -0.161. The van der Waals surface area contributed by atoms with E-state index >= 15 is 0 Å². The Balaban J connectivity index is 4.22.